The number of carbonyl (C=O) groups excluding carboxylic acids is 1. The summed E-state index contributed by atoms with van der Waals surface area (Å²) in [7, 11) is 0. The standard InChI is InChI=1S/C18H25NO5/c1-18(2)23-13-15(24-18)16(17(20)19-8-10-21-11-9-19)22-12-14-6-4-3-5-7-14/h3-7,15-16H,8-13H2,1-2H3/t15-,16+/m0/s1. The lowest BCUT2D eigenvalue weighted by molar-refractivity contribution is -0.174. The molecule has 6 nitrogen and oxygen atoms in total. The number of benzene rings is 1. The summed E-state index contributed by atoms with van der Waals surface area (Å²) in [5.74, 6) is -0.745. The van der Waals surface area contributed by atoms with Gasteiger partial charge in [0.15, 0.2) is 11.9 Å². The van der Waals surface area contributed by atoms with E-state index in [0.29, 0.717) is 39.5 Å². The van der Waals surface area contributed by atoms with Gasteiger partial charge in [-0.3, -0.25) is 4.79 Å². The number of hydrogen-bond acceptors (Lipinski definition) is 5. The van der Waals surface area contributed by atoms with Gasteiger partial charge in [-0.15, -0.1) is 0 Å². The van der Waals surface area contributed by atoms with Gasteiger partial charge in [0.1, 0.15) is 6.10 Å². The molecule has 0 aliphatic carbocycles. The molecule has 0 aromatic heterocycles. The van der Waals surface area contributed by atoms with Gasteiger partial charge < -0.3 is 23.8 Å². The Morgan fingerprint density at radius 1 is 1.29 bits per heavy atom. The molecule has 2 aliphatic heterocycles. The molecule has 1 amide bonds. The topological polar surface area (TPSA) is 57.2 Å². The average Bonchev–Trinajstić information content (AvgIpc) is 2.96. The van der Waals surface area contributed by atoms with E-state index in [2.05, 4.69) is 0 Å². The van der Waals surface area contributed by atoms with Crippen molar-refractivity contribution >= 4 is 5.91 Å². The zero-order valence-corrected chi connectivity index (χ0v) is 14.3. The molecule has 132 valence electrons. The third kappa shape index (κ3) is 4.33. The number of ether oxygens (including phenoxy) is 4. The smallest absolute Gasteiger partial charge is 0.254 e. The summed E-state index contributed by atoms with van der Waals surface area (Å²) in [6.07, 6.45) is -1.08. The first kappa shape index (κ1) is 17.4. The third-order valence-corrected chi connectivity index (χ3v) is 4.21. The zero-order chi connectivity index (χ0) is 17.0. The van der Waals surface area contributed by atoms with Crippen LogP contribution in [0.15, 0.2) is 30.3 Å². The minimum atomic E-state index is -0.690. The van der Waals surface area contributed by atoms with E-state index < -0.39 is 18.0 Å². The van der Waals surface area contributed by atoms with Gasteiger partial charge in [-0.25, -0.2) is 0 Å². The fourth-order valence-electron chi connectivity index (χ4n) is 2.93. The van der Waals surface area contributed by atoms with Crippen LogP contribution in [-0.4, -0.2) is 61.7 Å². The van der Waals surface area contributed by atoms with E-state index in [-0.39, 0.29) is 5.91 Å². The SMILES string of the molecule is CC1(C)OC[C@@H]([C@@H](OCc2ccccc2)C(=O)N2CCOCC2)O1. The molecule has 3 rings (SSSR count). The van der Waals surface area contributed by atoms with Crippen molar-refractivity contribution in [2.24, 2.45) is 0 Å². The maximum absolute atomic E-state index is 12.9. The van der Waals surface area contributed by atoms with Gasteiger partial charge >= 0.3 is 0 Å². The van der Waals surface area contributed by atoms with E-state index in [1.807, 2.05) is 44.2 Å². The van der Waals surface area contributed by atoms with Crippen LogP contribution in [0.1, 0.15) is 19.4 Å². The van der Waals surface area contributed by atoms with Gasteiger partial charge in [-0.2, -0.15) is 0 Å². The van der Waals surface area contributed by atoms with Gasteiger partial charge in [0, 0.05) is 13.1 Å². The molecule has 2 aliphatic rings. The Balaban J connectivity index is 1.69. The molecule has 0 bridgehead atoms. The molecule has 24 heavy (non-hydrogen) atoms. The highest BCUT2D eigenvalue weighted by Crippen LogP contribution is 2.27. The predicted molar refractivity (Wildman–Crippen MR) is 87.3 cm³/mol. The summed E-state index contributed by atoms with van der Waals surface area (Å²) < 4.78 is 22.8. The molecule has 0 radical (unpaired) electrons. The van der Waals surface area contributed by atoms with Crippen molar-refractivity contribution < 1.29 is 23.7 Å². The maximum Gasteiger partial charge on any atom is 0.254 e. The van der Waals surface area contributed by atoms with Crippen molar-refractivity contribution in [3.05, 3.63) is 35.9 Å². The third-order valence-electron chi connectivity index (χ3n) is 4.21. The molecule has 0 unspecified atom stereocenters. The Labute approximate surface area is 142 Å². The number of amides is 1. The first-order chi connectivity index (χ1) is 11.6. The Bertz CT molecular complexity index is 542. The van der Waals surface area contributed by atoms with Crippen molar-refractivity contribution in [2.75, 3.05) is 32.9 Å². The van der Waals surface area contributed by atoms with Crippen LogP contribution in [0.4, 0.5) is 0 Å². The van der Waals surface area contributed by atoms with Crippen LogP contribution in [0.2, 0.25) is 0 Å². The molecule has 0 spiro atoms. The summed E-state index contributed by atoms with van der Waals surface area (Å²) in [5, 5.41) is 0. The molecule has 6 heteroatoms. The lowest BCUT2D eigenvalue weighted by Crippen LogP contribution is -2.51. The molecule has 2 atom stereocenters. The maximum atomic E-state index is 12.9. The first-order valence-electron chi connectivity index (χ1n) is 8.39. The fourth-order valence-corrected chi connectivity index (χ4v) is 2.93. The second-order valence-electron chi connectivity index (χ2n) is 6.52. The van der Waals surface area contributed by atoms with E-state index >= 15 is 0 Å². The van der Waals surface area contributed by atoms with Crippen LogP contribution in [0, 0.1) is 0 Å². The van der Waals surface area contributed by atoms with Gasteiger partial charge in [-0.05, 0) is 19.4 Å². The Kier molecular flexibility index (Phi) is 5.50. The predicted octanol–water partition coefficient (Wildman–Crippen LogP) is 1.58. The lowest BCUT2D eigenvalue weighted by atomic mass is 10.1. The van der Waals surface area contributed by atoms with Crippen LogP contribution >= 0.6 is 0 Å². The number of morpholine rings is 1. The van der Waals surface area contributed by atoms with Crippen molar-refractivity contribution in [3.8, 4) is 0 Å². The molecule has 1 aromatic carbocycles. The fraction of sp³-hybridized carbons (Fsp3) is 0.611. The Morgan fingerprint density at radius 3 is 2.62 bits per heavy atom. The molecule has 2 fully saturated rings. The van der Waals surface area contributed by atoms with Gasteiger partial charge in [0.2, 0.25) is 0 Å². The molecule has 0 N–H and O–H groups in total. The molecular weight excluding hydrogens is 310 g/mol. The summed E-state index contributed by atoms with van der Waals surface area (Å²) in [6, 6.07) is 9.82. The summed E-state index contributed by atoms with van der Waals surface area (Å²) in [4.78, 5) is 14.7. The van der Waals surface area contributed by atoms with E-state index in [4.69, 9.17) is 18.9 Å². The number of nitrogens with zero attached hydrogens (tertiary/aromatic N) is 1. The Hall–Kier alpha value is -1.47. The second-order valence-corrected chi connectivity index (χ2v) is 6.52. The number of rotatable bonds is 5. The van der Waals surface area contributed by atoms with Gasteiger partial charge in [0.25, 0.3) is 5.91 Å². The highest BCUT2D eigenvalue weighted by molar-refractivity contribution is 5.81. The van der Waals surface area contributed by atoms with Crippen molar-refractivity contribution in [1.29, 1.82) is 0 Å². The highest BCUT2D eigenvalue weighted by atomic mass is 16.7. The minimum Gasteiger partial charge on any atom is -0.378 e. The number of hydrogen-bond donors (Lipinski definition) is 0. The minimum absolute atomic E-state index is 0.0551. The van der Waals surface area contributed by atoms with Crippen molar-refractivity contribution in [2.45, 2.75) is 38.4 Å². The van der Waals surface area contributed by atoms with Crippen LogP contribution in [-0.2, 0) is 30.3 Å². The van der Waals surface area contributed by atoms with E-state index in [1.54, 1.807) is 4.90 Å². The Morgan fingerprint density at radius 2 is 2.00 bits per heavy atom. The van der Waals surface area contributed by atoms with Crippen LogP contribution < -0.4 is 0 Å². The van der Waals surface area contributed by atoms with Crippen molar-refractivity contribution in [3.63, 3.8) is 0 Å². The monoisotopic (exact) mass is 335 g/mol. The van der Waals surface area contributed by atoms with Crippen LogP contribution in [0.3, 0.4) is 0 Å². The molecule has 1 aromatic rings. The number of carbonyl (C=O) groups is 1. The summed E-state index contributed by atoms with van der Waals surface area (Å²) >= 11 is 0. The van der Waals surface area contributed by atoms with Gasteiger partial charge in [-0.1, -0.05) is 30.3 Å². The highest BCUT2D eigenvalue weighted by Gasteiger charge is 2.42. The molecule has 2 saturated heterocycles. The average molecular weight is 335 g/mol. The molecular formula is C18H25NO5. The second kappa shape index (κ2) is 7.61. The largest absolute Gasteiger partial charge is 0.378 e. The van der Waals surface area contributed by atoms with Crippen LogP contribution in [0.5, 0.6) is 0 Å². The summed E-state index contributed by atoms with van der Waals surface area (Å²) in [5.41, 5.74) is 1.02. The van der Waals surface area contributed by atoms with E-state index in [9.17, 15) is 4.79 Å². The molecule has 0 saturated carbocycles. The first-order valence-corrected chi connectivity index (χ1v) is 8.39. The lowest BCUT2D eigenvalue weighted by Gasteiger charge is -2.32. The van der Waals surface area contributed by atoms with Crippen LogP contribution in [0.25, 0.3) is 0 Å². The van der Waals surface area contributed by atoms with E-state index in [1.165, 1.54) is 0 Å². The quantitative estimate of drug-likeness (QED) is 0.818. The van der Waals surface area contributed by atoms with Crippen molar-refractivity contribution in [1.82, 2.24) is 4.90 Å². The summed E-state index contributed by atoms with van der Waals surface area (Å²) in [6.45, 7) is 6.70. The van der Waals surface area contributed by atoms with Gasteiger partial charge in [0.05, 0.1) is 26.4 Å². The zero-order valence-electron chi connectivity index (χ0n) is 14.3. The van der Waals surface area contributed by atoms with E-state index in [0.717, 1.165) is 5.56 Å². The normalized spacial score (nSPS) is 24.8. The molecule has 2 heterocycles.